The van der Waals surface area contributed by atoms with Crippen LogP contribution < -0.4 is 0 Å². The maximum atomic E-state index is 4.39. The predicted molar refractivity (Wildman–Crippen MR) is 139 cm³/mol. The van der Waals surface area contributed by atoms with Crippen molar-refractivity contribution in [1.82, 2.24) is 4.90 Å². The van der Waals surface area contributed by atoms with E-state index in [0.717, 1.165) is 17.6 Å². The molecule has 2 atom stereocenters. The van der Waals surface area contributed by atoms with Crippen LogP contribution in [0.5, 0.6) is 0 Å². The van der Waals surface area contributed by atoms with Crippen molar-refractivity contribution in [3.8, 4) is 0 Å². The van der Waals surface area contributed by atoms with Crippen molar-refractivity contribution in [2.45, 2.75) is 78.2 Å². The minimum Gasteiger partial charge on any atom is -0.343 e. The summed E-state index contributed by atoms with van der Waals surface area (Å²) in [7, 11) is 0. The highest BCUT2D eigenvalue weighted by atomic mass is 32.2. The van der Waals surface area contributed by atoms with Crippen LogP contribution >= 0.6 is 11.8 Å². The molecule has 0 aromatic heterocycles. The predicted octanol–water partition coefficient (Wildman–Crippen LogP) is 7.89. The standard InChI is InChI=1S/C29H39NS/c1-8-21-16-25-24(17-22(21)11-9-10-14-31-7)23-12-13-29(5,6)28(23)30-18-26(19(2)3)20(4)15-27(25)30/h15-18,23,28H,2,4,8-14H2,1,3,5-7H3. The smallest absolute Gasteiger partial charge is 0.0491 e. The van der Waals surface area contributed by atoms with E-state index in [1.165, 1.54) is 60.3 Å². The number of thioether (sulfide) groups is 1. The molecule has 0 bridgehead atoms. The monoisotopic (exact) mass is 433 g/mol. The van der Waals surface area contributed by atoms with E-state index in [1.54, 1.807) is 11.1 Å². The summed E-state index contributed by atoms with van der Waals surface area (Å²) in [6.07, 6.45) is 14.4. The molecule has 0 N–H and O–H groups in total. The number of hydrogen-bond acceptors (Lipinski definition) is 2. The normalized spacial score (nSPS) is 23.6. The molecule has 2 heterocycles. The number of benzene rings is 1. The first-order valence-electron chi connectivity index (χ1n) is 12.0. The van der Waals surface area contributed by atoms with Crippen LogP contribution in [0.25, 0.3) is 5.70 Å². The second-order valence-electron chi connectivity index (χ2n) is 10.4. The van der Waals surface area contributed by atoms with Crippen LogP contribution in [0.2, 0.25) is 0 Å². The summed E-state index contributed by atoms with van der Waals surface area (Å²) in [6.45, 7) is 17.9. The summed E-state index contributed by atoms with van der Waals surface area (Å²) in [5.74, 6) is 1.87. The van der Waals surface area contributed by atoms with E-state index < -0.39 is 0 Å². The Morgan fingerprint density at radius 2 is 2.00 bits per heavy atom. The Labute approximate surface area is 194 Å². The Hall–Kier alpha value is -1.67. The van der Waals surface area contributed by atoms with Crippen LogP contribution in [0.4, 0.5) is 0 Å². The van der Waals surface area contributed by atoms with Gasteiger partial charge in [-0.1, -0.05) is 40.0 Å². The van der Waals surface area contributed by atoms with Gasteiger partial charge in [-0.25, -0.2) is 0 Å². The summed E-state index contributed by atoms with van der Waals surface area (Å²) in [5, 5.41) is 0. The quantitative estimate of drug-likeness (QED) is 0.402. The van der Waals surface area contributed by atoms with Crippen molar-refractivity contribution in [1.29, 1.82) is 0 Å². The molecule has 1 nitrogen and oxygen atoms in total. The lowest BCUT2D eigenvalue weighted by Crippen LogP contribution is -2.45. The molecule has 3 aliphatic rings. The minimum atomic E-state index is 0.290. The molecule has 1 aliphatic carbocycles. The highest BCUT2D eigenvalue weighted by Gasteiger charge is 2.50. The van der Waals surface area contributed by atoms with E-state index in [0.29, 0.717) is 17.4 Å². The number of aryl methyl sites for hydroxylation is 2. The van der Waals surface area contributed by atoms with Crippen LogP contribution in [-0.2, 0) is 12.8 Å². The summed E-state index contributed by atoms with van der Waals surface area (Å²) < 4.78 is 0. The van der Waals surface area contributed by atoms with Gasteiger partial charge in [0.1, 0.15) is 0 Å². The molecule has 0 spiro atoms. The molecule has 0 saturated heterocycles. The van der Waals surface area contributed by atoms with Gasteiger partial charge in [0, 0.05) is 29.4 Å². The first kappa shape index (κ1) is 22.5. The Morgan fingerprint density at radius 1 is 1.23 bits per heavy atom. The molecule has 166 valence electrons. The van der Waals surface area contributed by atoms with Gasteiger partial charge < -0.3 is 4.90 Å². The summed E-state index contributed by atoms with van der Waals surface area (Å²) in [5.41, 5.74) is 11.2. The topological polar surface area (TPSA) is 3.24 Å². The van der Waals surface area contributed by atoms with Gasteiger partial charge in [0.2, 0.25) is 0 Å². The Bertz CT molecular complexity index is 961. The Balaban J connectivity index is 1.82. The highest BCUT2D eigenvalue weighted by Crippen LogP contribution is 2.56. The molecule has 0 amide bonds. The fourth-order valence-corrected chi connectivity index (χ4v) is 6.57. The molecular weight excluding hydrogens is 394 g/mol. The van der Waals surface area contributed by atoms with Crippen molar-refractivity contribution in [3.05, 3.63) is 76.5 Å². The van der Waals surface area contributed by atoms with Crippen molar-refractivity contribution in [2.75, 3.05) is 12.0 Å². The van der Waals surface area contributed by atoms with E-state index in [9.17, 15) is 0 Å². The molecule has 1 fully saturated rings. The lowest BCUT2D eigenvalue weighted by Gasteiger charge is -2.48. The summed E-state index contributed by atoms with van der Waals surface area (Å²) in [4.78, 5) is 2.59. The van der Waals surface area contributed by atoms with Crippen molar-refractivity contribution >= 4 is 17.5 Å². The Morgan fingerprint density at radius 3 is 2.68 bits per heavy atom. The molecule has 1 saturated carbocycles. The maximum Gasteiger partial charge on any atom is 0.0491 e. The van der Waals surface area contributed by atoms with Gasteiger partial charge >= 0.3 is 0 Å². The van der Waals surface area contributed by atoms with E-state index in [4.69, 9.17) is 0 Å². The average molecular weight is 434 g/mol. The van der Waals surface area contributed by atoms with Crippen molar-refractivity contribution in [2.24, 2.45) is 5.41 Å². The van der Waals surface area contributed by atoms with Gasteiger partial charge in [0.15, 0.2) is 0 Å². The first-order chi connectivity index (χ1) is 14.8. The molecule has 4 rings (SSSR count). The molecule has 1 aromatic rings. The fourth-order valence-electron chi connectivity index (χ4n) is 6.07. The number of allylic oxidation sites excluding steroid dienone is 4. The lowest BCUT2D eigenvalue weighted by atomic mass is 9.74. The van der Waals surface area contributed by atoms with Crippen molar-refractivity contribution < 1.29 is 0 Å². The number of fused-ring (bicyclic) bond motifs is 6. The number of unbranched alkanes of at least 4 members (excludes halogenated alkanes) is 1. The first-order valence-corrected chi connectivity index (χ1v) is 13.4. The summed E-state index contributed by atoms with van der Waals surface area (Å²) >= 11 is 1.96. The van der Waals surface area contributed by atoms with Gasteiger partial charge in [-0.2, -0.15) is 11.8 Å². The van der Waals surface area contributed by atoms with Gasteiger partial charge in [-0.05, 0) is 108 Å². The molecule has 1 aromatic carbocycles. The van der Waals surface area contributed by atoms with E-state index in [-0.39, 0.29) is 0 Å². The van der Waals surface area contributed by atoms with Gasteiger partial charge in [0.25, 0.3) is 0 Å². The molecular formula is C29H39NS. The van der Waals surface area contributed by atoms with Gasteiger partial charge in [0.05, 0.1) is 0 Å². The molecule has 2 heteroatoms. The second-order valence-corrected chi connectivity index (χ2v) is 11.4. The molecule has 2 unspecified atom stereocenters. The SMILES string of the molecule is C=C(C)C1=CN2C(=CC1=C)c1cc(CC)c(CCCCSC)cc1C1CCC(C)(C)C12. The zero-order valence-electron chi connectivity index (χ0n) is 20.2. The number of hydrogen-bond donors (Lipinski definition) is 0. The van der Waals surface area contributed by atoms with Gasteiger partial charge in [-0.3, -0.25) is 0 Å². The van der Waals surface area contributed by atoms with Crippen LogP contribution in [0.15, 0.2) is 54.3 Å². The van der Waals surface area contributed by atoms with E-state index in [2.05, 4.69) is 76.4 Å². The molecule has 2 aliphatic heterocycles. The highest BCUT2D eigenvalue weighted by molar-refractivity contribution is 7.98. The Kier molecular flexibility index (Phi) is 6.32. The van der Waals surface area contributed by atoms with Crippen LogP contribution in [-0.4, -0.2) is 23.0 Å². The van der Waals surface area contributed by atoms with E-state index in [1.807, 2.05) is 11.8 Å². The number of nitrogens with zero attached hydrogens (tertiary/aromatic N) is 1. The molecule has 31 heavy (non-hydrogen) atoms. The van der Waals surface area contributed by atoms with Crippen LogP contribution in [0.3, 0.4) is 0 Å². The number of rotatable bonds is 7. The zero-order valence-corrected chi connectivity index (χ0v) is 21.0. The average Bonchev–Trinajstić information content (AvgIpc) is 3.05. The zero-order chi connectivity index (χ0) is 22.3. The fraction of sp³-hybridized carbons (Fsp3) is 0.517. The van der Waals surface area contributed by atoms with E-state index >= 15 is 0 Å². The third-order valence-corrected chi connectivity index (χ3v) is 8.41. The maximum absolute atomic E-state index is 4.39. The summed E-state index contributed by atoms with van der Waals surface area (Å²) in [6, 6.07) is 5.63. The minimum absolute atomic E-state index is 0.290. The van der Waals surface area contributed by atoms with Crippen LogP contribution in [0.1, 0.15) is 81.5 Å². The molecule has 0 radical (unpaired) electrons. The lowest BCUT2D eigenvalue weighted by molar-refractivity contribution is 0.195. The largest absolute Gasteiger partial charge is 0.343 e. The third kappa shape index (κ3) is 3.97. The third-order valence-electron chi connectivity index (χ3n) is 7.72. The van der Waals surface area contributed by atoms with Gasteiger partial charge in [-0.15, -0.1) is 0 Å². The van der Waals surface area contributed by atoms with Crippen molar-refractivity contribution in [3.63, 3.8) is 0 Å². The second kappa shape index (κ2) is 8.70. The van der Waals surface area contributed by atoms with Crippen LogP contribution in [0, 0.1) is 5.41 Å².